The Morgan fingerprint density at radius 2 is 1.70 bits per heavy atom. The lowest BCUT2D eigenvalue weighted by Crippen LogP contribution is -2.37. The Balaban J connectivity index is 2.58. The molecule has 0 bridgehead atoms. The topological polar surface area (TPSA) is 9.23 Å². The van der Waals surface area contributed by atoms with Crippen LogP contribution in [0.25, 0.3) is 0 Å². The number of ether oxygens (including phenoxy) is 1. The van der Waals surface area contributed by atoms with Crippen LogP contribution in [0.5, 0.6) is 0 Å². The minimum atomic E-state index is 0.395. The van der Waals surface area contributed by atoms with Crippen molar-refractivity contribution in [3.8, 4) is 0 Å². The van der Waals surface area contributed by atoms with E-state index in [0.717, 1.165) is 24.4 Å². The van der Waals surface area contributed by atoms with Gasteiger partial charge in [-0.3, -0.25) is 0 Å². The van der Waals surface area contributed by atoms with Crippen molar-refractivity contribution in [1.29, 1.82) is 0 Å². The monoisotopic (exact) mass is 282 g/mol. The molecule has 3 unspecified atom stereocenters. The zero-order valence-electron chi connectivity index (χ0n) is 14.9. The van der Waals surface area contributed by atoms with Gasteiger partial charge in [-0.05, 0) is 48.9 Å². The van der Waals surface area contributed by atoms with E-state index in [0.29, 0.717) is 11.5 Å². The molecule has 3 atom stereocenters. The fourth-order valence-electron chi connectivity index (χ4n) is 4.09. The molecule has 120 valence electrons. The van der Waals surface area contributed by atoms with Crippen LogP contribution < -0.4 is 0 Å². The van der Waals surface area contributed by atoms with Crippen molar-refractivity contribution in [2.75, 3.05) is 6.61 Å². The molecule has 1 nitrogen and oxygen atoms in total. The minimum absolute atomic E-state index is 0.395. The summed E-state index contributed by atoms with van der Waals surface area (Å²) in [6, 6.07) is 0. The summed E-state index contributed by atoms with van der Waals surface area (Å²) in [5, 5.41) is 0. The average molecular weight is 283 g/mol. The van der Waals surface area contributed by atoms with Crippen LogP contribution in [-0.4, -0.2) is 12.7 Å². The zero-order valence-corrected chi connectivity index (χ0v) is 14.9. The maximum atomic E-state index is 6.50. The van der Waals surface area contributed by atoms with Gasteiger partial charge >= 0.3 is 0 Å². The highest BCUT2D eigenvalue weighted by molar-refractivity contribution is 4.83. The summed E-state index contributed by atoms with van der Waals surface area (Å²) in [5.41, 5.74) is 0.395. The fraction of sp³-hybridized carbons (Fsp3) is 1.00. The summed E-state index contributed by atoms with van der Waals surface area (Å²) in [6.45, 7) is 15.1. The molecule has 0 heterocycles. The molecule has 0 spiro atoms. The lowest BCUT2D eigenvalue weighted by atomic mass is 9.75. The molecule has 1 heteroatoms. The van der Waals surface area contributed by atoms with E-state index < -0.39 is 0 Å². The Morgan fingerprint density at radius 3 is 2.20 bits per heavy atom. The highest BCUT2D eigenvalue weighted by atomic mass is 16.5. The van der Waals surface area contributed by atoms with Gasteiger partial charge in [-0.2, -0.15) is 0 Å². The van der Waals surface area contributed by atoms with Gasteiger partial charge in [-0.1, -0.05) is 60.8 Å². The summed E-state index contributed by atoms with van der Waals surface area (Å²) < 4.78 is 6.50. The molecule has 0 saturated heterocycles. The van der Waals surface area contributed by atoms with Crippen molar-refractivity contribution in [3.05, 3.63) is 0 Å². The maximum Gasteiger partial charge on any atom is 0.0608 e. The highest BCUT2D eigenvalue weighted by Gasteiger charge is 2.33. The molecular weight excluding hydrogens is 244 g/mol. The van der Waals surface area contributed by atoms with Gasteiger partial charge < -0.3 is 4.74 Å². The zero-order chi connectivity index (χ0) is 15.2. The largest absolute Gasteiger partial charge is 0.377 e. The quantitative estimate of drug-likeness (QED) is 0.525. The molecule has 0 N–H and O–H groups in total. The Bertz CT molecular complexity index is 252. The van der Waals surface area contributed by atoms with Crippen LogP contribution >= 0.6 is 0 Å². The Hall–Kier alpha value is -0.0400. The summed E-state index contributed by atoms with van der Waals surface area (Å²) in [7, 11) is 0. The molecule has 1 aliphatic carbocycles. The molecule has 0 aliphatic heterocycles. The van der Waals surface area contributed by atoms with Gasteiger partial charge in [0, 0.05) is 0 Å². The Kier molecular flexibility index (Phi) is 7.58. The van der Waals surface area contributed by atoms with E-state index >= 15 is 0 Å². The predicted molar refractivity (Wildman–Crippen MR) is 89.0 cm³/mol. The van der Waals surface area contributed by atoms with E-state index in [4.69, 9.17) is 4.74 Å². The molecule has 0 radical (unpaired) electrons. The number of rotatable bonds is 8. The van der Waals surface area contributed by atoms with Crippen LogP contribution in [0.4, 0.5) is 0 Å². The van der Waals surface area contributed by atoms with Gasteiger partial charge in [0.15, 0.2) is 0 Å². The second kappa shape index (κ2) is 8.41. The Morgan fingerprint density at radius 1 is 1.10 bits per heavy atom. The van der Waals surface area contributed by atoms with Gasteiger partial charge in [0.25, 0.3) is 0 Å². The van der Waals surface area contributed by atoms with Gasteiger partial charge in [0.05, 0.1) is 12.7 Å². The van der Waals surface area contributed by atoms with E-state index in [9.17, 15) is 0 Å². The van der Waals surface area contributed by atoms with Crippen molar-refractivity contribution in [2.24, 2.45) is 23.2 Å². The van der Waals surface area contributed by atoms with Gasteiger partial charge in [-0.25, -0.2) is 0 Å². The molecule has 1 rings (SSSR count). The summed E-state index contributed by atoms with van der Waals surface area (Å²) in [6.07, 6.45) is 9.68. The standard InChI is InChI=1S/C19H38O/c1-7-11-19(6,12-8-2)14-20-18-13-16(5)9-10-17(18)15(3)4/h15-18H,7-14H2,1-6H3. The first-order valence-electron chi connectivity index (χ1n) is 9.03. The van der Waals surface area contributed by atoms with Crippen molar-refractivity contribution >= 4 is 0 Å². The predicted octanol–water partition coefficient (Wildman–Crippen LogP) is 6.07. The molecule has 0 amide bonds. The third-order valence-electron chi connectivity index (χ3n) is 5.31. The van der Waals surface area contributed by atoms with Crippen LogP contribution in [-0.2, 0) is 4.74 Å². The van der Waals surface area contributed by atoms with Crippen molar-refractivity contribution in [3.63, 3.8) is 0 Å². The van der Waals surface area contributed by atoms with Crippen LogP contribution in [0.3, 0.4) is 0 Å². The van der Waals surface area contributed by atoms with E-state index in [-0.39, 0.29) is 0 Å². The summed E-state index contributed by atoms with van der Waals surface area (Å²) in [5.74, 6) is 2.38. The average Bonchev–Trinajstić information content (AvgIpc) is 2.37. The second-order valence-corrected chi connectivity index (χ2v) is 7.99. The van der Waals surface area contributed by atoms with E-state index in [1.165, 1.54) is 44.9 Å². The van der Waals surface area contributed by atoms with Crippen molar-refractivity contribution in [1.82, 2.24) is 0 Å². The van der Waals surface area contributed by atoms with Crippen LogP contribution in [0.1, 0.15) is 86.5 Å². The SMILES string of the molecule is CCCC(C)(CCC)COC1CC(C)CCC1C(C)C. The lowest BCUT2D eigenvalue weighted by molar-refractivity contribution is -0.0728. The molecule has 0 aromatic carbocycles. The molecular formula is C19H38O. The minimum Gasteiger partial charge on any atom is -0.377 e. The van der Waals surface area contributed by atoms with Gasteiger partial charge in [0.2, 0.25) is 0 Å². The van der Waals surface area contributed by atoms with Crippen LogP contribution in [0.2, 0.25) is 0 Å². The maximum absolute atomic E-state index is 6.50. The normalized spacial score (nSPS) is 28.1. The number of hydrogen-bond acceptors (Lipinski definition) is 1. The van der Waals surface area contributed by atoms with Gasteiger partial charge in [-0.15, -0.1) is 0 Å². The summed E-state index contributed by atoms with van der Waals surface area (Å²) >= 11 is 0. The molecule has 1 fully saturated rings. The second-order valence-electron chi connectivity index (χ2n) is 7.99. The smallest absolute Gasteiger partial charge is 0.0608 e. The fourth-order valence-corrected chi connectivity index (χ4v) is 4.09. The molecule has 1 aliphatic rings. The van der Waals surface area contributed by atoms with Gasteiger partial charge in [0.1, 0.15) is 0 Å². The first kappa shape index (κ1) is 18.0. The highest BCUT2D eigenvalue weighted by Crippen LogP contribution is 2.37. The van der Waals surface area contributed by atoms with E-state index in [1.807, 2.05) is 0 Å². The van der Waals surface area contributed by atoms with E-state index in [2.05, 4.69) is 41.5 Å². The third kappa shape index (κ3) is 5.39. The van der Waals surface area contributed by atoms with E-state index in [1.54, 1.807) is 0 Å². The molecule has 1 saturated carbocycles. The first-order chi connectivity index (χ1) is 9.41. The lowest BCUT2D eigenvalue weighted by Gasteiger charge is -2.39. The van der Waals surface area contributed by atoms with Crippen LogP contribution in [0.15, 0.2) is 0 Å². The molecule has 0 aromatic heterocycles. The summed E-state index contributed by atoms with van der Waals surface area (Å²) in [4.78, 5) is 0. The van der Waals surface area contributed by atoms with Crippen molar-refractivity contribution in [2.45, 2.75) is 92.6 Å². The third-order valence-corrected chi connectivity index (χ3v) is 5.31. The first-order valence-corrected chi connectivity index (χ1v) is 9.03. The Labute approximate surface area is 127 Å². The molecule has 0 aromatic rings. The van der Waals surface area contributed by atoms with Crippen LogP contribution in [0, 0.1) is 23.2 Å². The molecule has 20 heavy (non-hydrogen) atoms. The van der Waals surface area contributed by atoms with Crippen molar-refractivity contribution < 1.29 is 4.74 Å². The number of hydrogen-bond donors (Lipinski definition) is 0.